The molecule has 8 heteroatoms. The molecule has 6 nitrogen and oxygen atoms in total. The first-order chi connectivity index (χ1) is 15.0. The molecule has 0 saturated carbocycles. The Hall–Kier alpha value is -2.29. The number of benzene rings is 2. The van der Waals surface area contributed by atoms with E-state index in [0.29, 0.717) is 23.8 Å². The van der Waals surface area contributed by atoms with Gasteiger partial charge in [0.05, 0.1) is 15.1 Å². The van der Waals surface area contributed by atoms with Crippen molar-refractivity contribution in [2.75, 3.05) is 18.4 Å². The number of rotatable bonds is 8. The Morgan fingerprint density at radius 1 is 0.969 bits per heavy atom. The van der Waals surface area contributed by atoms with Crippen molar-refractivity contribution in [2.45, 2.75) is 46.4 Å². The highest BCUT2D eigenvalue weighted by molar-refractivity contribution is 7.89. The highest BCUT2D eigenvalue weighted by atomic mass is 32.2. The third-order valence-electron chi connectivity index (χ3n) is 5.05. The van der Waals surface area contributed by atoms with Crippen LogP contribution in [-0.2, 0) is 10.0 Å². The smallest absolute Gasteiger partial charge is 0.257 e. The molecule has 3 aromatic rings. The van der Waals surface area contributed by atoms with E-state index in [0.717, 1.165) is 21.3 Å². The molecule has 0 aliphatic heterocycles. The van der Waals surface area contributed by atoms with E-state index in [2.05, 4.69) is 10.3 Å². The molecule has 2 aromatic carbocycles. The molecule has 0 bridgehead atoms. The van der Waals surface area contributed by atoms with Gasteiger partial charge in [0.25, 0.3) is 5.91 Å². The normalized spacial score (nSPS) is 12.3. The fraction of sp³-hybridized carbons (Fsp3) is 0.417. The quantitative estimate of drug-likeness (QED) is 0.471. The minimum absolute atomic E-state index is 0.196. The van der Waals surface area contributed by atoms with Crippen molar-refractivity contribution < 1.29 is 13.2 Å². The number of nitrogens with zero attached hydrogens (tertiary/aromatic N) is 2. The Morgan fingerprint density at radius 3 is 2.06 bits per heavy atom. The summed E-state index contributed by atoms with van der Waals surface area (Å²) in [4.78, 5) is 17.5. The first kappa shape index (κ1) is 24.4. The molecule has 0 unspecified atom stereocenters. The zero-order valence-electron chi connectivity index (χ0n) is 19.5. The van der Waals surface area contributed by atoms with Gasteiger partial charge in [0.2, 0.25) is 10.0 Å². The molecule has 0 aliphatic rings. The average molecular weight is 474 g/mol. The number of anilines is 1. The number of aromatic nitrogens is 1. The lowest BCUT2D eigenvalue weighted by Gasteiger charge is -2.25. The number of hydrogen-bond donors (Lipinski definition) is 1. The molecular weight excluding hydrogens is 442 g/mol. The summed E-state index contributed by atoms with van der Waals surface area (Å²) in [5, 5.41) is 3.37. The summed E-state index contributed by atoms with van der Waals surface area (Å²) in [5.74, 6) is 0.119. The molecule has 3 rings (SSSR count). The van der Waals surface area contributed by atoms with Crippen LogP contribution in [0.15, 0.2) is 41.3 Å². The summed E-state index contributed by atoms with van der Waals surface area (Å²) in [7, 11) is -3.63. The number of carbonyl (C=O) groups excluding carboxylic acids is 1. The minimum Gasteiger partial charge on any atom is -0.298 e. The second-order valence-corrected chi connectivity index (χ2v) is 11.9. The Balaban J connectivity index is 1.80. The number of hydrogen-bond acceptors (Lipinski definition) is 5. The largest absolute Gasteiger partial charge is 0.298 e. The first-order valence-corrected chi connectivity index (χ1v) is 13.0. The maximum Gasteiger partial charge on any atom is 0.257 e. The first-order valence-electron chi connectivity index (χ1n) is 10.8. The van der Waals surface area contributed by atoms with Crippen molar-refractivity contribution in [3.05, 3.63) is 53.1 Å². The minimum atomic E-state index is -3.63. The molecule has 0 radical (unpaired) electrons. The molecule has 1 aromatic heterocycles. The van der Waals surface area contributed by atoms with Crippen LogP contribution in [0.5, 0.6) is 0 Å². The molecule has 0 atom stereocenters. The van der Waals surface area contributed by atoms with Crippen LogP contribution < -0.4 is 5.32 Å². The van der Waals surface area contributed by atoms with Crippen molar-refractivity contribution in [3.63, 3.8) is 0 Å². The van der Waals surface area contributed by atoms with Crippen LogP contribution in [0, 0.1) is 25.7 Å². The molecule has 1 N–H and O–H groups in total. The van der Waals surface area contributed by atoms with Crippen LogP contribution in [0.4, 0.5) is 5.13 Å². The van der Waals surface area contributed by atoms with E-state index < -0.39 is 10.0 Å². The monoisotopic (exact) mass is 473 g/mol. The predicted molar refractivity (Wildman–Crippen MR) is 132 cm³/mol. The molecule has 0 saturated heterocycles. The fourth-order valence-electron chi connectivity index (χ4n) is 3.49. The number of fused-ring (bicyclic) bond motifs is 1. The van der Waals surface area contributed by atoms with Crippen LogP contribution >= 0.6 is 11.3 Å². The Kier molecular flexibility index (Phi) is 7.37. The number of amides is 1. The van der Waals surface area contributed by atoms with Crippen molar-refractivity contribution >= 4 is 42.6 Å². The lowest BCUT2D eigenvalue weighted by molar-refractivity contribution is 0.102. The molecule has 0 aliphatic carbocycles. The van der Waals surface area contributed by atoms with Gasteiger partial charge in [0, 0.05) is 18.7 Å². The third kappa shape index (κ3) is 5.36. The molecular formula is C24H31N3O3S2. The Bertz CT molecular complexity index is 1160. The maximum absolute atomic E-state index is 13.2. The van der Waals surface area contributed by atoms with E-state index >= 15 is 0 Å². The lowest BCUT2D eigenvalue weighted by Crippen LogP contribution is -2.37. The molecule has 1 heterocycles. The van der Waals surface area contributed by atoms with Gasteiger partial charge < -0.3 is 0 Å². The maximum atomic E-state index is 13.2. The standard InChI is InChI=1S/C24H31N3O3S2/c1-15(2)13-27(14-16(3)4)32(29,30)20-11-9-19(10-12-20)23(28)26-24-25-21-17(5)7-8-18(6)22(21)31-24/h7-12,15-16H,13-14H2,1-6H3,(H,25,26,28). The second kappa shape index (κ2) is 9.68. The van der Waals surface area contributed by atoms with E-state index in [4.69, 9.17) is 0 Å². The van der Waals surface area contributed by atoms with Crippen LogP contribution in [0.1, 0.15) is 49.2 Å². The summed E-state index contributed by atoms with van der Waals surface area (Å²) in [6.07, 6.45) is 0. The van der Waals surface area contributed by atoms with E-state index in [9.17, 15) is 13.2 Å². The van der Waals surface area contributed by atoms with Gasteiger partial charge in [-0.1, -0.05) is 51.2 Å². The van der Waals surface area contributed by atoms with Gasteiger partial charge in [0.1, 0.15) is 0 Å². The number of nitrogens with one attached hydrogen (secondary N) is 1. The molecule has 172 valence electrons. The second-order valence-electron chi connectivity index (χ2n) is 8.98. The predicted octanol–water partition coefficient (Wildman–Crippen LogP) is 5.47. The van der Waals surface area contributed by atoms with Gasteiger partial charge in [-0.25, -0.2) is 13.4 Å². The molecule has 0 fully saturated rings. The Morgan fingerprint density at radius 2 is 1.53 bits per heavy atom. The van der Waals surface area contributed by atoms with Crippen LogP contribution in [0.3, 0.4) is 0 Å². The van der Waals surface area contributed by atoms with E-state index in [1.54, 1.807) is 12.1 Å². The van der Waals surface area contributed by atoms with Gasteiger partial charge in [-0.2, -0.15) is 4.31 Å². The highest BCUT2D eigenvalue weighted by Gasteiger charge is 2.26. The summed E-state index contributed by atoms with van der Waals surface area (Å²) in [6.45, 7) is 12.9. The molecule has 0 spiro atoms. The zero-order valence-corrected chi connectivity index (χ0v) is 21.1. The third-order valence-corrected chi connectivity index (χ3v) is 8.01. The molecule has 32 heavy (non-hydrogen) atoms. The van der Waals surface area contributed by atoms with E-state index in [1.807, 2.05) is 53.7 Å². The van der Waals surface area contributed by atoms with Gasteiger partial charge in [-0.05, 0) is 61.1 Å². The average Bonchev–Trinajstić information content (AvgIpc) is 3.15. The van der Waals surface area contributed by atoms with Gasteiger partial charge >= 0.3 is 0 Å². The van der Waals surface area contributed by atoms with Crippen molar-refractivity contribution in [2.24, 2.45) is 11.8 Å². The Labute approximate surface area is 194 Å². The van der Waals surface area contributed by atoms with E-state index in [-0.39, 0.29) is 22.6 Å². The summed E-state index contributed by atoms with van der Waals surface area (Å²) in [5.41, 5.74) is 3.45. The highest BCUT2D eigenvalue weighted by Crippen LogP contribution is 2.31. The zero-order chi connectivity index (χ0) is 23.6. The fourth-order valence-corrected chi connectivity index (χ4v) is 6.27. The summed E-state index contributed by atoms with van der Waals surface area (Å²) in [6, 6.07) is 10.2. The summed E-state index contributed by atoms with van der Waals surface area (Å²) >= 11 is 1.44. The van der Waals surface area contributed by atoms with Crippen LogP contribution in [0.25, 0.3) is 10.2 Å². The number of sulfonamides is 1. The molecule has 1 amide bonds. The van der Waals surface area contributed by atoms with Crippen molar-refractivity contribution in [3.8, 4) is 0 Å². The topological polar surface area (TPSA) is 79.4 Å². The number of thiazole rings is 1. The summed E-state index contributed by atoms with van der Waals surface area (Å²) < 4.78 is 28.9. The number of aryl methyl sites for hydroxylation is 2. The SMILES string of the molecule is Cc1ccc(C)c2sc(NC(=O)c3ccc(S(=O)(=O)N(CC(C)C)CC(C)C)cc3)nc12. The van der Waals surface area contributed by atoms with Crippen molar-refractivity contribution in [1.82, 2.24) is 9.29 Å². The lowest BCUT2D eigenvalue weighted by atomic mass is 10.1. The number of carbonyl (C=O) groups is 1. The van der Waals surface area contributed by atoms with E-state index in [1.165, 1.54) is 27.8 Å². The van der Waals surface area contributed by atoms with Crippen LogP contribution in [-0.4, -0.2) is 36.7 Å². The van der Waals surface area contributed by atoms with Gasteiger partial charge in [-0.15, -0.1) is 0 Å². The van der Waals surface area contributed by atoms with Gasteiger partial charge in [0.15, 0.2) is 5.13 Å². The van der Waals surface area contributed by atoms with Crippen molar-refractivity contribution in [1.29, 1.82) is 0 Å². The van der Waals surface area contributed by atoms with Crippen LogP contribution in [0.2, 0.25) is 0 Å². The van der Waals surface area contributed by atoms with Gasteiger partial charge in [-0.3, -0.25) is 10.1 Å².